The lowest BCUT2D eigenvalue weighted by molar-refractivity contribution is -0.523. The second kappa shape index (κ2) is 2.96. The van der Waals surface area contributed by atoms with Gasteiger partial charge in [0.2, 0.25) is 6.04 Å². The predicted octanol–water partition coefficient (Wildman–Crippen LogP) is 0.404. The standard InChI is InChI=1S/C6H12N2O2/c1-5-2-3-6(4-7-5)8(9)10/h5-7H,2-4H2,1H3. The van der Waals surface area contributed by atoms with Crippen LogP contribution in [0.5, 0.6) is 0 Å². The Morgan fingerprint density at radius 2 is 2.30 bits per heavy atom. The van der Waals surface area contributed by atoms with Crippen molar-refractivity contribution in [1.29, 1.82) is 0 Å². The van der Waals surface area contributed by atoms with Crippen LogP contribution in [0.25, 0.3) is 0 Å². The summed E-state index contributed by atoms with van der Waals surface area (Å²) in [6, 6.07) is 0.104. The predicted molar refractivity (Wildman–Crippen MR) is 37.5 cm³/mol. The average molecular weight is 144 g/mol. The van der Waals surface area contributed by atoms with Gasteiger partial charge in [0, 0.05) is 17.4 Å². The third kappa shape index (κ3) is 1.67. The molecule has 4 nitrogen and oxygen atoms in total. The van der Waals surface area contributed by atoms with Gasteiger partial charge < -0.3 is 5.32 Å². The highest BCUT2D eigenvalue weighted by atomic mass is 16.6. The monoisotopic (exact) mass is 144 g/mol. The highest BCUT2D eigenvalue weighted by Crippen LogP contribution is 2.09. The summed E-state index contributed by atoms with van der Waals surface area (Å²) in [5.41, 5.74) is 0. The molecule has 0 saturated carbocycles. The fourth-order valence-corrected chi connectivity index (χ4v) is 1.16. The number of nitrogens with one attached hydrogen (secondary N) is 1. The van der Waals surface area contributed by atoms with Gasteiger partial charge in [-0.05, 0) is 13.3 Å². The number of piperidine rings is 1. The molecule has 0 bridgehead atoms. The maximum atomic E-state index is 10.2. The minimum atomic E-state index is -0.351. The molecule has 0 aromatic heterocycles. The van der Waals surface area contributed by atoms with Crippen molar-refractivity contribution in [2.75, 3.05) is 6.54 Å². The van der Waals surface area contributed by atoms with E-state index in [4.69, 9.17) is 0 Å². The summed E-state index contributed by atoms with van der Waals surface area (Å²) < 4.78 is 0. The van der Waals surface area contributed by atoms with E-state index in [2.05, 4.69) is 12.2 Å². The number of hydrogen-bond donors (Lipinski definition) is 1. The molecular formula is C6H12N2O2. The van der Waals surface area contributed by atoms with Crippen molar-refractivity contribution in [3.63, 3.8) is 0 Å². The van der Waals surface area contributed by atoms with Gasteiger partial charge in [0.05, 0.1) is 6.54 Å². The Labute approximate surface area is 59.8 Å². The van der Waals surface area contributed by atoms with Crippen molar-refractivity contribution >= 4 is 0 Å². The summed E-state index contributed by atoms with van der Waals surface area (Å²) in [6.45, 7) is 2.59. The molecule has 1 aliphatic heterocycles. The van der Waals surface area contributed by atoms with Crippen LogP contribution in [0.15, 0.2) is 0 Å². The molecule has 1 heterocycles. The molecule has 0 aromatic rings. The van der Waals surface area contributed by atoms with E-state index in [0.29, 0.717) is 12.6 Å². The molecule has 0 amide bonds. The normalized spacial score (nSPS) is 33.7. The molecular weight excluding hydrogens is 132 g/mol. The van der Waals surface area contributed by atoms with Gasteiger partial charge in [0.25, 0.3) is 0 Å². The first-order chi connectivity index (χ1) is 4.70. The first-order valence-electron chi connectivity index (χ1n) is 3.57. The topological polar surface area (TPSA) is 55.2 Å². The van der Waals surface area contributed by atoms with E-state index in [-0.39, 0.29) is 11.0 Å². The number of rotatable bonds is 1. The molecule has 1 fully saturated rings. The second-order valence-electron chi connectivity index (χ2n) is 2.83. The van der Waals surface area contributed by atoms with Crippen molar-refractivity contribution in [3.05, 3.63) is 10.1 Å². The summed E-state index contributed by atoms with van der Waals surface area (Å²) in [5, 5.41) is 13.3. The summed E-state index contributed by atoms with van der Waals surface area (Å²) in [4.78, 5) is 10.0. The molecule has 2 atom stereocenters. The molecule has 1 rings (SSSR count). The summed E-state index contributed by atoms with van der Waals surface area (Å²) >= 11 is 0. The summed E-state index contributed by atoms with van der Waals surface area (Å²) in [6.07, 6.45) is 1.65. The molecule has 0 aliphatic carbocycles. The van der Waals surface area contributed by atoms with Gasteiger partial charge in [-0.25, -0.2) is 0 Å². The smallest absolute Gasteiger partial charge is 0.225 e. The quantitative estimate of drug-likeness (QED) is 0.428. The molecule has 58 valence electrons. The van der Waals surface area contributed by atoms with Crippen LogP contribution in [0.3, 0.4) is 0 Å². The summed E-state index contributed by atoms with van der Waals surface area (Å²) in [7, 11) is 0. The Bertz CT molecular complexity index is 130. The molecule has 2 unspecified atom stereocenters. The molecule has 0 spiro atoms. The minimum Gasteiger partial charge on any atom is -0.308 e. The van der Waals surface area contributed by atoms with Crippen molar-refractivity contribution in [3.8, 4) is 0 Å². The molecule has 1 aliphatic rings. The van der Waals surface area contributed by atoms with E-state index in [1.165, 1.54) is 0 Å². The van der Waals surface area contributed by atoms with Crippen LogP contribution in [0.1, 0.15) is 19.8 Å². The van der Waals surface area contributed by atoms with E-state index in [0.717, 1.165) is 12.8 Å². The lowest BCUT2D eigenvalue weighted by Gasteiger charge is -2.21. The highest BCUT2D eigenvalue weighted by molar-refractivity contribution is 4.73. The van der Waals surface area contributed by atoms with E-state index in [1.807, 2.05) is 0 Å². The zero-order chi connectivity index (χ0) is 7.56. The summed E-state index contributed by atoms with van der Waals surface area (Å²) in [5.74, 6) is 0. The largest absolute Gasteiger partial charge is 0.308 e. The minimum absolute atomic E-state index is 0.196. The highest BCUT2D eigenvalue weighted by Gasteiger charge is 2.25. The second-order valence-corrected chi connectivity index (χ2v) is 2.83. The maximum Gasteiger partial charge on any atom is 0.225 e. The van der Waals surface area contributed by atoms with Crippen molar-refractivity contribution < 1.29 is 4.92 Å². The first-order valence-corrected chi connectivity index (χ1v) is 3.57. The molecule has 0 radical (unpaired) electrons. The van der Waals surface area contributed by atoms with Gasteiger partial charge in [-0.1, -0.05) is 0 Å². The average Bonchev–Trinajstić information content (AvgIpc) is 1.88. The maximum absolute atomic E-state index is 10.2. The van der Waals surface area contributed by atoms with Crippen molar-refractivity contribution in [2.24, 2.45) is 0 Å². The third-order valence-electron chi connectivity index (χ3n) is 1.93. The number of hydrogen-bond acceptors (Lipinski definition) is 3. The van der Waals surface area contributed by atoms with Gasteiger partial charge in [0.15, 0.2) is 0 Å². The lowest BCUT2D eigenvalue weighted by Crippen LogP contribution is -2.43. The van der Waals surface area contributed by atoms with Gasteiger partial charge in [0.1, 0.15) is 0 Å². The van der Waals surface area contributed by atoms with E-state index in [9.17, 15) is 10.1 Å². The van der Waals surface area contributed by atoms with Crippen molar-refractivity contribution in [2.45, 2.75) is 31.8 Å². The van der Waals surface area contributed by atoms with Crippen molar-refractivity contribution in [1.82, 2.24) is 5.32 Å². The third-order valence-corrected chi connectivity index (χ3v) is 1.93. The van der Waals surface area contributed by atoms with Gasteiger partial charge in [-0.15, -0.1) is 0 Å². The van der Waals surface area contributed by atoms with Crippen LogP contribution in [0.4, 0.5) is 0 Å². The Hall–Kier alpha value is -0.640. The van der Waals surface area contributed by atoms with E-state index < -0.39 is 0 Å². The lowest BCUT2D eigenvalue weighted by atomic mass is 10.0. The number of nitro groups is 1. The van der Waals surface area contributed by atoms with Gasteiger partial charge >= 0.3 is 0 Å². The SMILES string of the molecule is CC1CCC([N+](=O)[O-])CN1. The van der Waals surface area contributed by atoms with E-state index in [1.54, 1.807) is 0 Å². The molecule has 1 N–H and O–H groups in total. The number of nitrogens with zero attached hydrogens (tertiary/aromatic N) is 1. The fraction of sp³-hybridized carbons (Fsp3) is 1.00. The van der Waals surface area contributed by atoms with Gasteiger partial charge in [-0.3, -0.25) is 10.1 Å². The zero-order valence-corrected chi connectivity index (χ0v) is 6.04. The molecule has 10 heavy (non-hydrogen) atoms. The molecule has 0 aromatic carbocycles. The van der Waals surface area contributed by atoms with Crippen LogP contribution in [-0.2, 0) is 0 Å². The molecule has 4 heteroatoms. The van der Waals surface area contributed by atoms with Crippen LogP contribution >= 0.6 is 0 Å². The van der Waals surface area contributed by atoms with Crippen LogP contribution in [0, 0.1) is 10.1 Å². The van der Waals surface area contributed by atoms with Gasteiger partial charge in [-0.2, -0.15) is 0 Å². The van der Waals surface area contributed by atoms with Crippen LogP contribution in [-0.4, -0.2) is 23.6 Å². The Kier molecular flexibility index (Phi) is 2.21. The Balaban J connectivity index is 2.33. The first kappa shape index (κ1) is 7.47. The molecule has 1 saturated heterocycles. The van der Waals surface area contributed by atoms with Crippen LogP contribution in [0.2, 0.25) is 0 Å². The van der Waals surface area contributed by atoms with Crippen LogP contribution < -0.4 is 5.32 Å². The fourth-order valence-electron chi connectivity index (χ4n) is 1.16. The Morgan fingerprint density at radius 3 is 2.70 bits per heavy atom. The zero-order valence-electron chi connectivity index (χ0n) is 6.04. The Morgan fingerprint density at radius 1 is 1.60 bits per heavy atom. The van der Waals surface area contributed by atoms with E-state index >= 15 is 0 Å².